The number of thioether (sulfide) groups is 1. The normalized spacial score (nSPS) is 15.0. The maximum absolute atomic E-state index is 12.7. The zero-order valence-electron chi connectivity index (χ0n) is 11.6. The molecule has 114 valence electrons. The minimum absolute atomic E-state index is 0.0307. The molecule has 20 heavy (non-hydrogen) atoms. The zero-order chi connectivity index (χ0) is 15.2. The van der Waals surface area contributed by atoms with Crippen LogP contribution in [0.1, 0.15) is 18.9 Å². The van der Waals surface area contributed by atoms with Crippen LogP contribution in [0, 0.1) is 5.82 Å². The van der Waals surface area contributed by atoms with Crippen LogP contribution < -0.4 is 4.72 Å². The molecule has 0 amide bonds. The molecule has 0 aliphatic heterocycles. The van der Waals surface area contributed by atoms with Crippen molar-refractivity contribution in [1.29, 1.82) is 0 Å². The van der Waals surface area contributed by atoms with Crippen LogP contribution in [0.5, 0.6) is 0 Å². The first-order chi connectivity index (χ1) is 9.24. The van der Waals surface area contributed by atoms with E-state index in [1.54, 1.807) is 18.7 Å². The molecule has 4 nitrogen and oxygen atoms in total. The van der Waals surface area contributed by atoms with E-state index in [4.69, 9.17) is 0 Å². The molecule has 1 atom stereocenters. The second-order valence-corrected chi connectivity index (χ2v) is 7.74. The Labute approximate surface area is 123 Å². The van der Waals surface area contributed by atoms with Gasteiger partial charge in [-0.3, -0.25) is 0 Å². The Kier molecular flexibility index (Phi) is 6.44. The van der Waals surface area contributed by atoms with Crippen molar-refractivity contribution in [3.05, 3.63) is 35.6 Å². The third kappa shape index (κ3) is 6.69. The van der Waals surface area contributed by atoms with Crippen LogP contribution in [-0.2, 0) is 15.8 Å². The summed E-state index contributed by atoms with van der Waals surface area (Å²) in [5, 5.41) is 10.0. The molecule has 1 aromatic rings. The molecule has 0 bridgehead atoms. The second kappa shape index (κ2) is 7.40. The van der Waals surface area contributed by atoms with Gasteiger partial charge in [-0.25, -0.2) is 17.5 Å². The van der Waals surface area contributed by atoms with E-state index in [0.717, 1.165) is 5.75 Å². The minimum atomic E-state index is -3.54. The molecule has 0 saturated heterocycles. The van der Waals surface area contributed by atoms with Crippen molar-refractivity contribution in [2.45, 2.75) is 24.7 Å². The Morgan fingerprint density at radius 3 is 2.50 bits per heavy atom. The molecule has 7 heteroatoms. The molecule has 0 fully saturated rings. The summed E-state index contributed by atoms with van der Waals surface area (Å²) in [6, 6.07) is 5.31. The smallest absolute Gasteiger partial charge is 0.215 e. The first kappa shape index (κ1) is 17.4. The van der Waals surface area contributed by atoms with Crippen molar-refractivity contribution < 1.29 is 17.9 Å². The Morgan fingerprint density at radius 1 is 1.35 bits per heavy atom. The molecular formula is C13H20FNO3S2. The standard InChI is InChI=1S/C13H20FNO3S2/c1-13(16,7-8-19-2)10-15-20(17,18)9-11-3-5-12(14)6-4-11/h3-6,15-16H,7-10H2,1-2H3/t13-/m0/s1. The molecule has 0 aliphatic rings. The van der Waals surface area contributed by atoms with Crippen LogP contribution in [0.3, 0.4) is 0 Å². The largest absolute Gasteiger partial charge is 0.389 e. The van der Waals surface area contributed by atoms with Gasteiger partial charge in [0.15, 0.2) is 0 Å². The second-order valence-electron chi connectivity index (χ2n) is 4.95. The van der Waals surface area contributed by atoms with Crippen molar-refractivity contribution in [2.75, 3.05) is 18.6 Å². The minimum Gasteiger partial charge on any atom is -0.389 e. The van der Waals surface area contributed by atoms with Crippen LogP contribution in [-0.4, -0.2) is 37.7 Å². The number of hydrogen-bond donors (Lipinski definition) is 2. The molecule has 0 heterocycles. The Hall–Kier alpha value is -0.630. The number of halogens is 1. The summed E-state index contributed by atoms with van der Waals surface area (Å²) >= 11 is 1.59. The number of nitrogens with one attached hydrogen (secondary N) is 1. The number of sulfonamides is 1. The van der Waals surface area contributed by atoms with Crippen LogP contribution >= 0.6 is 11.8 Å². The molecule has 0 saturated carbocycles. The van der Waals surface area contributed by atoms with Gasteiger partial charge in [0.25, 0.3) is 0 Å². The van der Waals surface area contributed by atoms with Gasteiger partial charge < -0.3 is 5.11 Å². The monoisotopic (exact) mass is 321 g/mol. The summed E-state index contributed by atoms with van der Waals surface area (Å²) in [6.45, 7) is 1.57. The van der Waals surface area contributed by atoms with E-state index < -0.39 is 21.4 Å². The fourth-order valence-electron chi connectivity index (χ4n) is 1.53. The Balaban J connectivity index is 2.55. The van der Waals surface area contributed by atoms with E-state index in [0.29, 0.717) is 12.0 Å². The molecule has 0 spiro atoms. The summed E-state index contributed by atoms with van der Waals surface area (Å²) in [5.74, 6) is 0.123. The predicted molar refractivity (Wildman–Crippen MR) is 80.6 cm³/mol. The number of hydrogen-bond acceptors (Lipinski definition) is 4. The van der Waals surface area contributed by atoms with Crippen LogP contribution in [0.25, 0.3) is 0 Å². The molecule has 0 radical (unpaired) electrons. The van der Waals surface area contributed by atoms with Gasteiger partial charge in [-0.1, -0.05) is 12.1 Å². The topological polar surface area (TPSA) is 66.4 Å². The van der Waals surface area contributed by atoms with Crippen molar-refractivity contribution in [3.8, 4) is 0 Å². The lowest BCUT2D eigenvalue weighted by Crippen LogP contribution is -2.41. The predicted octanol–water partition coefficient (Wildman–Crippen LogP) is 1.75. The van der Waals surface area contributed by atoms with Gasteiger partial charge in [0.1, 0.15) is 5.82 Å². The Bertz CT molecular complexity index is 515. The molecule has 1 aromatic carbocycles. The maximum atomic E-state index is 12.7. The van der Waals surface area contributed by atoms with E-state index in [9.17, 15) is 17.9 Å². The van der Waals surface area contributed by atoms with E-state index in [1.165, 1.54) is 24.3 Å². The highest BCUT2D eigenvalue weighted by Gasteiger charge is 2.23. The van der Waals surface area contributed by atoms with Crippen molar-refractivity contribution in [1.82, 2.24) is 4.72 Å². The van der Waals surface area contributed by atoms with E-state index in [-0.39, 0.29) is 12.3 Å². The van der Waals surface area contributed by atoms with Gasteiger partial charge in [-0.05, 0) is 43.0 Å². The molecule has 0 aromatic heterocycles. The average molecular weight is 321 g/mol. The van der Waals surface area contributed by atoms with Gasteiger partial charge >= 0.3 is 0 Å². The first-order valence-corrected chi connectivity index (χ1v) is 9.22. The molecule has 0 unspecified atom stereocenters. The average Bonchev–Trinajstić information content (AvgIpc) is 2.37. The maximum Gasteiger partial charge on any atom is 0.215 e. The first-order valence-electron chi connectivity index (χ1n) is 6.17. The highest BCUT2D eigenvalue weighted by Crippen LogP contribution is 2.13. The fraction of sp³-hybridized carbons (Fsp3) is 0.538. The van der Waals surface area contributed by atoms with E-state index in [1.807, 2.05) is 6.26 Å². The van der Waals surface area contributed by atoms with Crippen molar-refractivity contribution >= 4 is 21.8 Å². The van der Waals surface area contributed by atoms with Crippen LogP contribution in [0.4, 0.5) is 4.39 Å². The highest BCUT2D eigenvalue weighted by atomic mass is 32.2. The van der Waals surface area contributed by atoms with Gasteiger partial charge in [0, 0.05) is 6.54 Å². The van der Waals surface area contributed by atoms with Crippen LogP contribution in [0.15, 0.2) is 24.3 Å². The molecule has 0 aliphatic carbocycles. The lowest BCUT2D eigenvalue weighted by molar-refractivity contribution is 0.0626. The number of rotatable bonds is 8. The summed E-state index contributed by atoms with van der Waals surface area (Å²) in [5.41, 5.74) is -0.568. The summed E-state index contributed by atoms with van der Waals surface area (Å²) in [7, 11) is -3.54. The molecule has 2 N–H and O–H groups in total. The van der Waals surface area contributed by atoms with Crippen molar-refractivity contribution in [3.63, 3.8) is 0 Å². The summed E-state index contributed by atoms with van der Waals surface area (Å²) < 4.78 is 38.9. The quantitative estimate of drug-likeness (QED) is 0.765. The molecule has 1 rings (SSSR count). The van der Waals surface area contributed by atoms with Gasteiger partial charge in [-0.2, -0.15) is 11.8 Å². The third-order valence-electron chi connectivity index (χ3n) is 2.79. The zero-order valence-corrected chi connectivity index (χ0v) is 13.2. The van der Waals surface area contributed by atoms with Gasteiger partial charge in [0.05, 0.1) is 11.4 Å². The van der Waals surface area contributed by atoms with E-state index >= 15 is 0 Å². The highest BCUT2D eigenvalue weighted by molar-refractivity contribution is 7.98. The third-order valence-corrected chi connectivity index (χ3v) is 4.70. The van der Waals surface area contributed by atoms with Crippen molar-refractivity contribution in [2.24, 2.45) is 0 Å². The molecular weight excluding hydrogens is 301 g/mol. The summed E-state index contributed by atoms with van der Waals surface area (Å²) in [6.07, 6.45) is 2.43. The number of benzene rings is 1. The lowest BCUT2D eigenvalue weighted by Gasteiger charge is -2.23. The van der Waals surface area contributed by atoms with Gasteiger partial charge in [0.2, 0.25) is 10.0 Å². The van der Waals surface area contributed by atoms with Crippen LogP contribution in [0.2, 0.25) is 0 Å². The number of aliphatic hydroxyl groups is 1. The van der Waals surface area contributed by atoms with E-state index in [2.05, 4.69) is 4.72 Å². The van der Waals surface area contributed by atoms with Gasteiger partial charge in [-0.15, -0.1) is 0 Å². The lowest BCUT2D eigenvalue weighted by atomic mass is 10.1. The SMILES string of the molecule is CSCC[C@](C)(O)CNS(=O)(=O)Cc1ccc(F)cc1. The Morgan fingerprint density at radius 2 is 1.95 bits per heavy atom. The fourth-order valence-corrected chi connectivity index (χ4v) is 3.43. The summed E-state index contributed by atoms with van der Waals surface area (Å²) in [4.78, 5) is 0.